The molecular formula is C36H50N6O9SSi. The molecule has 4 rings (SSSR count). The highest BCUT2D eigenvalue weighted by molar-refractivity contribution is 7.99. The number of nitrogens with two attached hydrogens (primary N) is 1. The molecule has 1 heterocycles. The normalized spacial score (nSPS) is 21.7. The van der Waals surface area contributed by atoms with Crippen LogP contribution in [0.4, 0.5) is 4.79 Å². The van der Waals surface area contributed by atoms with Crippen LogP contribution in [0.3, 0.4) is 0 Å². The molecule has 6 N–H and O–H groups in total. The molecule has 15 nitrogen and oxygen atoms in total. The third-order valence-electron chi connectivity index (χ3n) is 9.99. The number of carboxylic acids is 1. The first-order chi connectivity index (χ1) is 25.0. The molecule has 0 radical (unpaired) electrons. The third kappa shape index (κ3) is 10.7. The van der Waals surface area contributed by atoms with E-state index in [-0.39, 0.29) is 36.9 Å². The summed E-state index contributed by atoms with van der Waals surface area (Å²) in [5.41, 5.74) is 17.6. The van der Waals surface area contributed by atoms with Crippen LogP contribution in [0.1, 0.15) is 63.5 Å². The Kier molecular flexibility index (Phi) is 14.4. The molecule has 1 fully saturated rings. The van der Waals surface area contributed by atoms with E-state index >= 15 is 0 Å². The van der Waals surface area contributed by atoms with Crippen molar-refractivity contribution in [2.75, 3.05) is 18.9 Å². The molecule has 17 heteroatoms. The molecule has 3 amide bonds. The number of aliphatic carboxylic acids is 1. The Labute approximate surface area is 314 Å². The number of hydrogen-bond acceptors (Lipinski definition) is 10. The number of hydrogen-bond donors (Lipinski definition) is 5. The number of carboxylic acid groups (broad SMARTS) is 1. The van der Waals surface area contributed by atoms with Gasteiger partial charge < -0.3 is 40.5 Å². The second kappa shape index (κ2) is 18.3. The topological polar surface area (TPSA) is 235 Å². The Hall–Kier alpha value is -4.12. The van der Waals surface area contributed by atoms with Crippen LogP contribution in [0.2, 0.25) is 18.1 Å². The summed E-state index contributed by atoms with van der Waals surface area (Å²) in [5.74, 6) is -2.23. The molecule has 0 saturated carbocycles. The van der Waals surface area contributed by atoms with E-state index in [1.807, 2.05) is 82.4 Å². The summed E-state index contributed by atoms with van der Waals surface area (Å²) in [7, 11) is -2.64. The van der Waals surface area contributed by atoms with Crippen LogP contribution in [-0.4, -0.2) is 97.1 Å². The van der Waals surface area contributed by atoms with Gasteiger partial charge in [0.05, 0.1) is 24.8 Å². The number of nitrogens with one attached hydrogen (secondary N) is 2. The van der Waals surface area contributed by atoms with Crippen LogP contribution in [0.15, 0.2) is 53.6 Å². The second-order valence-corrected chi connectivity index (χ2v) is 20.7. The predicted octanol–water partition coefficient (Wildman–Crippen LogP) is 5.03. The molecule has 1 saturated heterocycles. The van der Waals surface area contributed by atoms with Crippen LogP contribution < -0.4 is 16.4 Å². The molecule has 3 unspecified atom stereocenters. The van der Waals surface area contributed by atoms with E-state index in [0.717, 1.165) is 22.3 Å². The molecule has 2 aliphatic rings. The van der Waals surface area contributed by atoms with E-state index in [1.54, 1.807) is 0 Å². The van der Waals surface area contributed by atoms with Crippen LogP contribution in [-0.2, 0) is 28.3 Å². The number of benzene rings is 2. The fourth-order valence-corrected chi connectivity index (χ4v) is 8.68. The van der Waals surface area contributed by atoms with E-state index in [9.17, 15) is 29.4 Å². The van der Waals surface area contributed by atoms with Gasteiger partial charge in [-0.3, -0.25) is 14.4 Å². The Morgan fingerprint density at radius 2 is 1.70 bits per heavy atom. The van der Waals surface area contributed by atoms with E-state index in [1.165, 1.54) is 11.8 Å². The summed E-state index contributed by atoms with van der Waals surface area (Å²) in [6.45, 7) is 9.80. The maximum Gasteiger partial charge on any atom is 0.407 e. The summed E-state index contributed by atoms with van der Waals surface area (Å²) < 4.78 is 18.6. The van der Waals surface area contributed by atoms with Gasteiger partial charge in [-0.05, 0) is 64.5 Å². The lowest BCUT2D eigenvalue weighted by atomic mass is 9.97. The molecule has 1 aliphatic heterocycles. The summed E-state index contributed by atoms with van der Waals surface area (Å²) in [6, 6.07) is 13.4. The number of alkyl carbamates (subject to hydrolysis) is 1. The lowest BCUT2D eigenvalue weighted by molar-refractivity contribution is -0.157. The highest BCUT2D eigenvalue weighted by Gasteiger charge is 2.51. The number of azide groups is 1. The van der Waals surface area contributed by atoms with Crippen LogP contribution in [0.25, 0.3) is 21.6 Å². The molecule has 288 valence electrons. The lowest BCUT2D eigenvalue weighted by Gasteiger charge is -2.49. The van der Waals surface area contributed by atoms with Crippen LogP contribution in [0, 0.1) is 0 Å². The standard InChI is InChI=1S/C36H50N6O9SSi/c1-36(2,3)53(4,5)51-32-30(34(52-18-10-15-28(37)43)50-27(31(32)46)19-39-42-38)41-33(47)26(16-17-29(44)45)40-35(48)49-20-25-23-13-8-6-11-21(23)22-12-7-9-14-24(22)25/h6-9,11-14,25-27,30-32,34,46H,10,15-20H2,1-5H3,(H2,37,43)(H,40,48)(H,41,47)(H,44,45)/t26-,27?,30?,31-,32?,34+/m0/s1. The predicted molar refractivity (Wildman–Crippen MR) is 202 cm³/mol. The van der Waals surface area contributed by atoms with Crippen molar-refractivity contribution in [2.45, 2.75) is 106 Å². The van der Waals surface area contributed by atoms with E-state index < -0.39 is 74.4 Å². The Bertz CT molecular complexity index is 1640. The number of aliphatic hydroxyl groups excluding tert-OH is 1. The van der Waals surface area contributed by atoms with Gasteiger partial charge in [0.1, 0.15) is 24.2 Å². The first-order valence-corrected chi connectivity index (χ1v) is 21.6. The first-order valence-electron chi connectivity index (χ1n) is 17.6. The van der Waals surface area contributed by atoms with Crippen LogP contribution in [0.5, 0.6) is 0 Å². The van der Waals surface area contributed by atoms with Gasteiger partial charge in [-0.25, -0.2) is 4.79 Å². The summed E-state index contributed by atoms with van der Waals surface area (Å²) in [5, 5.41) is 29.9. The fourth-order valence-electron chi connectivity index (χ4n) is 6.17. The van der Waals surface area contributed by atoms with Crippen molar-refractivity contribution in [1.29, 1.82) is 0 Å². The largest absolute Gasteiger partial charge is 0.481 e. The minimum Gasteiger partial charge on any atom is -0.481 e. The van der Waals surface area contributed by atoms with Crippen molar-refractivity contribution in [2.24, 2.45) is 10.8 Å². The first kappa shape index (κ1) is 41.6. The molecule has 2 aromatic carbocycles. The quantitative estimate of drug-likeness (QED) is 0.0473. The average Bonchev–Trinajstić information content (AvgIpc) is 3.42. The molecule has 0 spiro atoms. The number of amides is 3. The van der Waals surface area contributed by atoms with E-state index in [0.29, 0.717) is 12.2 Å². The van der Waals surface area contributed by atoms with Gasteiger partial charge in [-0.2, -0.15) is 0 Å². The number of aliphatic hydroxyl groups is 1. The number of carbonyl (C=O) groups is 4. The molecule has 6 atom stereocenters. The zero-order chi connectivity index (χ0) is 38.9. The molecule has 0 bridgehead atoms. The summed E-state index contributed by atoms with van der Waals surface area (Å²) in [6.07, 6.45) is -4.44. The maximum absolute atomic E-state index is 14.1. The van der Waals surface area contributed by atoms with Crippen molar-refractivity contribution < 1.29 is 43.3 Å². The van der Waals surface area contributed by atoms with E-state index in [4.69, 9.17) is 25.2 Å². The number of primary amides is 1. The average molecular weight is 771 g/mol. The smallest absolute Gasteiger partial charge is 0.407 e. The van der Waals surface area contributed by atoms with E-state index in [2.05, 4.69) is 20.7 Å². The second-order valence-electron chi connectivity index (χ2n) is 14.7. The zero-order valence-corrected chi connectivity index (χ0v) is 32.5. The zero-order valence-electron chi connectivity index (χ0n) is 30.7. The number of ether oxygens (including phenoxy) is 2. The maximum atomic E-state index is 14.1. The van der Waals surface area contributed by atoms with Crippen molar-refractivity contribution in [3.63, 3.8) is 0 Å². The molecular weight excluding hydrogens is 721 g/mol. The number of nitrogens with zero attached hydrogens (tertiary/aromatic N) is 3. The highest BCUT2D eigenvalue weighted by Crippen LogP contribution is 2.45. The van der Waals surface area contributed by atoms with Crippen LogP contribution >= 0.6 is 11.8 Å². The number of rotatable bonds is 17. The molecule has 0 aromatic heterocycles. The Morgan fingerprint density at radius 1 is 1.08 bits per heavy atom. The van der Waals surface area contributed by atoms with Gasteiger partial charge in [-0.1, -0.05) is 74.4 Å². The fraction of sp³-hybridized carbons (Fsp3) is 0.556. The van der Waals surface area contributed by atoms with Crippen molar-refractivity contribution in [3.8, 4) is 11.1 Å². The SMILES string of the molecule is CC(C)(C)[Si](C)(C)OC1C(NC(=O)[C@H](CCC(=O)O)NC(=O)OCC2c3ccccc3-c3ccccc32)[C@@H](SCCCC(N)=O)OC(CN=[N+]=[N-])[C@@H]1O. The van der Waals surface area contributed by atoms with Gasteiger partial charge in [-0.15, -0.1) is 11.8 Å². The minimum absolute atomic E-state index is 0.0190. The van der Waals surface area contributed by atoms with Gasteiger partial charge in [0.15, 0.2) is 8.32 Å². The molecule has 2 aromatic rings. The Balaban J connectivity index is 1.58. The minimum atomic E-state index is -2.64. The van der Waals surface area contributed by atoms with Gasteiger partial charge >= 0.3 is 12.1 Å². The van der Waals surface area contributed by atoms with Crippen molar-refractivity contribution >= 4 is 44.0 Å². The summed E-state index contributed by atoms with van der Waals surface area (Å²) >= 11 is 1.26. The van der Waals surface area contributed by atoms with Crippen molar-refractivity contribution in [3.05, 3.63) is 70.1 Å². The van der Waals surface area contributed by atoms with Gasteiger partial charge in [0.25, 0.3) is 0 Å². The molecule has 53 heavy (non-hydrogen) atoms. The monoisotopic (exact) mass is 770 g/mol. The number of thioether (sulfide) groups is 1. The summed E-state index contributed by atoms with van der Waals surface area (Å²) in [4.78, 5) is 53.3. The number of carbonyl (C=O) groups excluding carboxylic acids is 3. The Morgan fingerprint density at radius 3 is 2.26 bits per heavy atom. The number of fused-ring (bicyclic) bond motifs is 3. The molecule has 1 aliphatic carbocycles. The van der Waals surface area contributed by atoms with Gasteiger partial charge in [0, 0.05) is 23.7 Å². The highest BCUT2D eigenvalue weighted by atomic mass is 32.2. The van der Waals surface area contributed by atoms with Gasteiger partial charge in [0.2, 0.25) is 11.8 Å². The third-order valence-corrected chi connectivity index (χ3v) is 15.7. The lowest BCUT2D eigenvalue weighted by Crippen LogP contribution is -2.67. The van der Waals surface area contributed by atoms with Crippen molar-refractivity contribution in [1.82, 2.24) is 10.6 Å².